The Morgan fingerprint density at radius 3 is 2.74 bits per heavy atom. The monoisotopic (exact) mass is 262 g/mol. The number of ether oxygens (including phenoxy) is 2. The fourth-order valence-electron chi connectivity index (χ4n) is 2.67. The van der Waals surface area contributed by atoms with Gasteiger partial charge in [-0.1, -0.05) is 38.5 Å². The van der Waals surface area contributed by atoms with Crippen molar-refractivity contribution < 1.29 is 9.47 Å². The molecule has 0 aliphatic carbocycles. The van der Waals surface area contributed by atoms with Crippen LogP contribution >= 0.6 is 0 Å². The second kappa shape index (κ2) is 6.42. The summed E-state index contributed by atoms with van der Waals surface area (Å²) in [5.74, 6) is 1.61. The number of aryl methyl sites for hydroxylation is 1. The lowest BCUT2D eigenvalue weighted by Gasteiger charge is -2.15. The van der Waals surface area contributed by atoms with Crippen LogP contribution in [0.2, 0.25) is 0 Å². The number of rotatable bonds is 7. The molecule has 0 saturated carbocycles. The van der Waals surface area contributed by atoms with Crippen molar-refractivity contribution in [1.29, 1.82) is 0 Å². The highest BCUT2D eigenvalue weighted by Gasteiger charge is 2.41. The highest BCUT2D eigenvalue weighted by atomic mass is 16.6. The lowest BCUT2D eigenvalue weighted by Crippen LogP contribution is -2.11. The van der Waals surface area contributed by atoms with Crippen LogP contribution in [0.5, 0.6) is 5.75 Å². The van der Waals surface area contributed by atoms with Crippen LogP contribution < -0.4 is 4.74 Å². The molecule has 2 nitrogen and oxygen atoms in total. The van der Waals surface area contributed by atoms with E-state index in [-0.39, 0.29) is 0 Å². The van der Waals surface area contributed by atoms with E-state index in [1.54, 1.807) is 0 Å². The lowest BCUT2D eigenvalue weighted by atomic mass is 9.94. The maximum absolute atomic E-state index is 5.85. The Kier molecular flexibility index (Phi) is 4.87. The van der Waals surface area contributed by atoms with Crippen molar-refractivity contribution in [3.63, 3.8) is 0 Å². The van der Waals surface area contributed by atoms with E-state index in [1.165, 1.54) is 11.1 Å². The molecule has 19 heavy (non-hydrogen) atoms. The standard InChI is InChI=1S/C17H26O2/c1-5-9-18-16-8-7-12(3)10-14(16)11-13(4)17-15(6-2)19-17/h7-8,10,13,15,17H,5-6,9,11H2,1-4H3. The van der Waals surface area contributed by atoms with E-state index in [0.717, 1.165) is 31.6 Å². The number of hydrogen-bond acceptors (Lipinski definition) is 2. The first-order valence-corrected chi connectivity index (χ1v) is 7.53. The summed E-state index contributed by atoms with van der Waals surface area (Å²) in [7, 11) is 0. The third-order valence-electron chi connectivity index (χ3n) is 3.80. The molecule has 1 aliphatic heterocycles. The molecule has 2 heteroatoms. The summed E-state index contributed by atoms with van der Waals surface area (Å²) in [6.07, 6.45) is 4.15. The Balaban J connectivity index is 2.03. The largest absolute Gasteiger partial charge is 0.493 e. The third-order valence-corrected chi connectivity index (χ3v) is 3.80. The Morgan fingerprint density at radius 2 is 2.11 bits per heavy atom. The van der Waals surface area contributed by atoms with Crippen molar-refractivity contribution in [3.8, 4) is 5.75 Å². The van der Waals surface area contributed by atoms with E-state index in [9.17, 15) is 0 Å². The molecule has 2 rings (SSSR count). The SMILES string of the molecule is CCCOc1ccc(C)cc1CC(C)C1OC1CC. The van der Waals surface area contributed by atoms with Gasteiger partial charge in [-0.25, -0.2) is 0 Å². The summed E-state index contributed by atoms with van der Waals surface area (Å²) >= 11 is 0. The van der Waals surface area contributed by atoms with Crippen LogP contribution in [-0.2, 0) is 11.2 Å². The third kappa shape index (κ3) is 3.73. The van der Waals surface area contributed by atoms with Crippen molar-refractivity contribution in [2.24, 2.45) is 5.92 Å². The minimum atomic E-state index is 0.449. The van der Waals surface area contributed by atoms with E-state index in [4.69, 9.17) is 9.47 Å². The molecule has 0 amide bonds. The van der Waals surface area contributed by atoms with Gasteiger partial charge in [0.25, 0.3) is 0 Å². The van der Waals surface area contributed by atoms with E-state index in [1.807, 2.05) is 0 Å². The van der Waals surface area contributed by atoms with Gasteiger partial charge in [0.05, 0.1) is 18.8 Å². The molecule has 1 fully saturated rings. The molecule has 1 aliphatic rings. The Morgan fingerprint density at radius 1 is 1.32 bits per heavy atom. The summed E-state index contributed by atoms with van der Waals surface area (Å²) in [4.78, 5) is 0. The average Bonchev–Trinajstić information content (AvgIpc) is 3.17. The first kappa shape index (κ1) is 14.4. The predicted molar refractivity (Wildman–Crippen MR) is 78.8 cm³/mol. The molecular formula is C17H26O2. The van der Waals surface area contributed by atoms with Crippen LogP contribution in [0.25, 0.3) is 0 Å². The van der Waals surface area contributed by atoms with E-state index >= 15 is 0 Å². The Bertz CT molecular complexity index is 414. The van der Waals surface area contributed by atoms with E-state index < -0.39 is 0 Å². The van der Waals surface area contributed by atoms with Gasteiger partial charge in [0.1, 0.15) is 5.75 Å². The van der Waals surface area contributed by atoms with Crippen LogP contribution in [0.3, 0.4) is 0 Å². The van der Waals surface area contributed by atoms with Gasteiger partial charge in [0, 0.05) is 0 Å². The second-order valence-corrected chi connectivity index (χ2v) is 5.69. The van der Waals surface area contributed by atoms with Crippen molar-refractivity contribution in [3.05, 3.63) is 29.3 Å². The van der Waals surface area contributed by atoms with Crippen molar-refractivity contribution in [2.45, 2.75) is 59.2 Å². The molecule has 1 aromatic rings. The quantitative estimate of drug-likeness (QED) is 0.689. The molecule has 3 atom stereocenters. The van der Waals surface area contributed by atoms with Crippen LogP contribution in [0.15, 0.2) is 18.2 Å². The zero-order valence-electron chi connectivity index (χ0n) is 12.6. The Hall–Kier alpha value is -1.02. The number of epoxide rings is 1. The smallest absolute Gasteiger partial charge is 0.122 e. The van der Waals surface area contributed by atoms with Crippen LogP contribution in [0.1, 0.15) is 44.7 Å². The summed E-state index contributed by atoms with van der Waals surface area (Å²) in [6.45, 7) is 9.55. The topological polar surface area (TPSA) is 21.8 Å². The van der Waals surface area contributed by atoms with Crippen LogP contribution in [0.4, 0.5) is 0 Å². The van der Waals surface area contributed by atoms with Gasteiger partial charge in [0.15, 0.2) is 0 Å². The average molecular weight is 262 g/mol. The zero-order valence-corrected chi connectivity index (χ0v) is 12.6. The maximum Gasteiger partial charge on any atom is 0.122 e. The molecule has 1 heterocycles. The van der Waals surface area contributed by atoms with Crippen LogP contribution in [0, 0.1) is 12.8 Å². The lowest BCUT2D eigenvalue weighted by molar-refractivity contribution is 0.304. The normalized spacial score (nSPS) is 23.2. The molecule has 0 spiro atoms. The zero-order chi connectivity index (χ0) is 13.8. The van der Waals surface area contributed by atoms with Crippen molar-refractivity contribution in [1.82, 2.24) is 0 Å². The van der Waals surface area contributed by atoms with Gasteiger partial charge < -0.3 is 9.47 Å². The Labute approximate surface area is 117 Å². The minimum absolute atomic E-state index is 0.449. The van der Waals surface area contributed by atoms with Crippen LogP contribution in [-0.4, -0.2) is 18.8 Å². The first-order chi connectivity index (χ1) is 9.15. The minimum Gasteiger partial charge on any atom is -0.493 e. The molecule has 3 unspecified atom stereocenters. The molecule has 106 valence electrons. The van der Waals surface area contributed by atoms with Gasteiger partial charge in [-0.15, -0.1) is 0 Å². The highest BCUT2D eigenvalue weighted by molar-refractivity contribution is 5.37. The maximum atomic E-state index is 5.85. The van der Waals surface area contributed by atoms with Gasteiger partial charge in [-0.3, -0.25) is 0 Å². The number of benzene rings is 1. The van der Waals surface area contributed by atoms with Crippen molar-refractivity contribution in [2.75, 3.05) is 6.61 Å². The summed E-state index contributed by atoms with van der Waals surface area (Å²) in [6, 6.07) is 6.49. The first-order valence-electron chi connectivity index (χ1n) is 7.53. The van der Waals surface area contributed by atoms with Gasteiger partial charge in [0.2, 0.25) is 0 Å². The summed E-state index contributed by atoms with van der Waals surface area (Å²) in [5.41, 5.74) is 2.63. The molecule has 0 radical (unpaired) electrons. The molecule has 0 aromatic heterocycles. The molecule has 0 bridgehead atoms. The fraction of sp³-hybridized carbons (Fsp3) is 0.647. The van der Waals surface area contributed by atoms with Gasteiger partial charge >= 0.3 is 0 Å². The predicted octanol–water partition coefficient (Wildman–Crippen LogP) is 4.14. The second-order valence-electron chi connectivity index (χ2n) is 5.69. The van der Waals surface area contributed by atoms with Gasteiger partial charge in [-0.2, -0.15) is 0 Å². The van der Waals surface area contributed by atoms with Gasteiger partial charge in [-0.05, 0) is 43.7 Å². The van der Waals surface area contributed by atoms with E-state index in [0.29, 0.717) is 18.1 Å². The van der Waals surface area contributed by atoms with E-state index in [2.05, 4.69) is 45.9 Å². The molecule has 1 aromatic carbocycles. The van der Waals surface area contributed by atoms with Crippen molar-refractivity contribution >= 4 is 0 Å². The molecule has 1 saturated heterocycles. The molecular weight excluding hydrogens is 236 g/mol. The number of hydrogen-bond donors (Lipinski definition) is 0. The fourth-order valence-corrected chi connectivity index (χ4v) is 2.67. The highest BCUT2D eigenvalue weighted by Crippen LogP contribution is 2.35. The summed E-state index contributed by atoms with van der Waals surface area (Å²) < 4.78 is 11.6. The molecule has 0 N–H and O–H groups in total. The summed E-state index contributed by atoms with van der Waals surface area (Å²) in [5, 5.41) is 0.